The van der Waals surface area contributed by atoms with Crippen molar-refractivity contribution in [3.63, 3.8) is 0 Å². The van der Waals surface area contributed by atoms with E-state index in [-0.39, 0.29) is 0 Å². The summed E-state index contributed by atoms with van der Waals surface area (Å²) < 4.78 is 0. The van der Waals surface area contributed by atoms with Gasteiger partial charge >= 0.3 is 0 Å². The van der Waals surface area contributed by atoms with Crippen molar-refractivity contribution in [2.75, 3.05) is 0 Å². The minimum absolute atomic E-state index is 1.25. The van der Waals surface area contributed by atoms with Crippen molar-refractivity contribution < 1.29 is 0 Å². The van der Waals surface area contributed by atoms with Gasteiger partial charge in [0.25, 0.3) is 0 Å². The van der Waals surface area contributed by atoms with Gasteiger partial charge in [0, 0.05) is 0 Å². The molecular formula is C39H114. The van der Waals surface area contributed by atoms with Gasteiger partial charge in [-0.15, -0.1) is 0 Å². The standard InChI is InChI=1S/3C3H8.15C2H6/c3*1-3-2;15*1-2/h3*3H2,1-2H3;15*1-2H3. The molecule has 0 saturated heterocycles. The molecule has 0 nitrogen and oxygen atoms in total. The molecule has 0 amide bonds. The number of hydrogen-bond donors (Lipinski definition) is 0. The third-order valence-electron chi connectivity index (χ3n) is 0. The first kappa shape index (κ1) is 128. The monoisotopic (exact) mass is 583 g/mol. The maximum atomic E-state index is 2.12. The summed E-state index contributed by atoms with van der Waals surface area (Å²) in [5.41, 5.74) is 0. The highest BCUT2D eigenvalue weighted by molar-refractivity contribution is 3.92. The average Bonchev–Trinajstić information content (AvgIpc) is 3.12. The van der Waals surface area contributed by atoms with E-state index in [0.717, 1.165) is 0 Å². The fraction of sp³-hybridized carbons (Fsp3) is 1.00. The van der Waals surface area contributed by atoms with Crippen LogP contribution in [0.3, 0.4) is 0 Å². The van der Waals surface area contributed by atoms with Crippen LogP contribution in [0.4, 0.5) is 0 Å². The van der Waals surface area contributed by atoms with Crippen LogP contribution in [-0.4, -0.2) is 0 Å². The molecular weight excluding hydrogens is 468 g/mol. The van der Waals surface area contributed by atoms with E-state index in [4.69, 9.17) is 0 Å². The topological polar surface area (TPSA) is 0 Å². The smallest absolute Gasteiger partial charge is 0.0590 e. The molecule has 0 fully saturated rings. The van der Waals surface area contributed by atoms with Gasteiger partial charge in [0.1, 0.15) is 0 Å². The molecule has 0 unspecified atom stereocenters. The van der Waals surface area contributed by atoms with Gasteiger partial charge < -0.3 is 0 Å². The molecule has 39 heavy (non-hydrogen) atoms. The second-order valence-electron chi connectivity index (χ2n) is 2.12. The molecule has 0 aliphatic rings. The van der Waals surface area contributed by atoms with Crippen molar-refractivity contribution in [2.24, 2.45) is 0 Å². The van der Waals surface area contributed by atoms with E-state index < -0.39 is 0 Å². The minimum Gasteiger partial charge on any atom is -0.0683 e. The van der Waals surface area contributed by atoms with Crippen LogP contribution in [0.1, 0.15) is 269 Å². The Morgan fingerprint density at radius 1 is 0.128 bits per heavy atom. The van der Waals surface area contributed by atoms with Crippen molar-refractivity contribution in [3.8, 4) is 0 Å². The largest absolute Gasteiger partial charge is 0.0683 e. The molecule has 0 saturated carbocycles. The van der Waals surface area contributed by atoms with Crippen molar-refractivity contribution in [1.29, 1.82) is 0 Å². The third-order valence-corrected chi connectivity index (χ3v) is 0. The van der Waals surface area contributed by atoms with Crippen molar-refractivity contribution in [2.45, 2.75) is 269 Å². The highest BCUT2D eigenvalue weighted by Crippen LogP contribution is 1.57. The zero-order valence-corrected chi connectivity index (χ0v) is 38.1. The molecule has 0 rings (SSSR count). The molecule has 0 aromatic carbocycles. The second-order valence-corrected chi connectivity index (χ2v) is 2.12. The molecule has 0 aromatic heterocycles. The number of hydrogen-bond acceptors (Lipinski definition) is 0. The van der Waals surface area contributed by atoms with Crippen LogP contribution in [0, 0.1) is 0 Å². The summed E-state index contributed by atoms with van der Waals surface area (Å²) in [5, 5.41) is 0. The lowest BCUT2D eigenvalue weighted by Crippen LogP contribution is -1.27. The summed E-state index contributed by atoms with van der Waals surface area (Å²) in [6.07, 6.45) is 3.75. The highest BCUT2D eigenvalue weighted by Gasteiger charge is 1.36. The van der Waals surface area contributed by atoms with Crippen LogP contribution in [0.15, 0.2) is 0 Å². The predicted molar refractivity (Wildman–Crippen MR) is 218 cm³/mol. The Kier molecular flexibility index (Phi) is 18900. The maximum Gasteiger partial charge on any atom is -0.0590 e. The number of rotatable bonds is 0. The van der Waals surface area contributed by atoms with Gasteiger partial charge in [0.2, 0.25) is 0 Å². The first-order valence-electron chi connectivity index (χ1n) is 19.2. The van der Waals surface area contributed by atoms with Crippen LogP contribution < -0.4 is 0 Å². The molecule has 0 heterocycles. The summed E-state index contributed by atoms with van der Waals surface area (Å²) in [7, 11) is 0. The Bertz CT molecular complexity index is 4.75. The van der Waals surface area contributed by atoms with Crippen molar-refractivity contribution >= 4 is 0 Å². The van der Waals surface area contributed by atoms with Crippen LogP contribution in [0.2, 0.25) is 0 Å². The first-order valence-corrected chi connectivity index (χ1v) is 19.2. The Labute approximate surface area is 268 Å². The van der Waals surface area contributed by atoms with Crippen LogP contribution >= 0.6 is 0 Å². The van der Waals surface area contributed by atoms with Gasteiger partial charge in [-0.1, -0.05) is 269 Å². The van der Waals surface area contributed by atoms with E-state index in [1.807, 2.05) is 208 Å². The van der Waals surface area contributed by atoms with Crippen LogP contribution in [0.25, 0.3) is 0 Å². The molecule has 0 aromatic rings. The SMILES string of the molecule is CC.CC.CC.CC.CC.CC.CC.CC.CC.CC.CC.CC.CC.CC.CC.CCC.CCC.CCC. The van der Waals surface area contributed by atoms with Gasteiger partial charge in [-0.25, -0.2) is 0 Å². The summed E-state index contributed by atoms with van der Waals surface area (Å²) in [4.78, 5) is 0. The maximum absolute atomic E-state index is 2.12. The lowest BCUT2D eigenvalue weighted by molar-refractivity contribution is 1.09. The fourth-order valence-corrected chi connectivity index (χ4v) is 0. The molecule has 0 heteroatoms. The van der Waals surface area contributed by atoms with E-state index in [2.05, 4.69) is 41.5 Å². The highest BCUT2D eigenvalue weighted by atomic mass is 13.4. The zero-order valence-electron chi connectivity index (χ0n) is 38.1. The molecule has 0 atom stereocenters. The average molecular weight is 583 g/mol. The molecule has 0 aliphatic heterocycles. The molecule has 0 bridgehead atoms. The summed E-state index contributed by atoms with van der Waals surface area (Å²) in [6, 6.07) is 0. The normalized spacial score (nSPS) is 3.69. The lowest BCUT2D eigenvalue weighted by Gasteiger charge is -1.48. The van der Waals surface area contributed by atoms with E-state index in [0.29, 0.717) is 0 Å². The van der Waals surface area contributed by atoms with E-state index in [9.17, 15) is 0 Å². The summed E-state index contributed by atoms with van der Waals surface area (Å²) in [6.45, 7) is 72.8. The Balaban J connectivity index is -0.00000000751. The Morgan fingerprint density at radius 2 is 0.128 bits per heavy atom. The van der Waals surface area contributed by atoms with E-state index in [1.54, 1.807) is 0 Å². The molecule has 0 aliphatic carbocycles. The first-order chi connectivity index (χ1) is 19.2. The molecule has 270 valence electrons. The third kappa shape index (κ3) is 0. The van der Waals surface area contributed by atoms with Gasteiger partial charge in [0.15, 0.2) is 0 Å². The van der Waals surface area contributed by atoms with Gasteiger partial charge in [0.05, 0.1) is 0 Å². The zero-order chi connectivity index (χ0) is 38.1. The summed E-state index contributed by atoms with van der Waals surface area (Å²) in [5.74, 6) is 0. The Hall–Kier alpha value is 0. The van der Waals surface area contributed by atoms with Crippen LogP contribution in [-0.2, 0) is 0 Å². The summed E-state index contributed by atoms with van der Waals surface area (Å²) >= 11 is 0. The molecule has 0 N–H and O–H groups in total. The van der Waals surface area contributed by atoms with Gasteiger partial charge in [-0.2, -0.15) is 0 Å². The van der Waals surface area contributed by atoms with Crippen molar-refractivity contribution in [1.82, 2.24) is 0 Å². The molecule has 0 spiro atoms. The predicted octanol–water partition coefficient (Wildman–Crippen LogP) is 19.6. The quantitative estimate of drug-likeness (QED) is 0.266. The minimum atomic E-state index is 1.25. The lowest BCUT2D eigenvalue weighted by atomic mass is 10.6. The Morgan fingerprint density at radius 3 is 0.128 bits per heavy atom. The van der Waals surface area contributed by atoms with Gasteiger partial charge in [-0.05, 0) is 0 Å². The van der Waals surface area contributed by atoms with Crippen LogP contribution in [0.5, 0.6) is 0 Å². The molecule has 0 radical (unpaired) electrons. The van der Waals surface area contributed by atoms with Gasteiger partial charge in [-0.3, -0.25) is 0 Å². The second kappa shape index (κ2) is 5780. The van der Waals surface area contributed by atoms with E-state index >= 15 is 0 Å². The van der Waals surface area contributed by atoms with Crippen molar-refractivity contribution in [3.05, 3.63) is 0 Å². The fourth-order valence-electron chi connectivity index (χ4n) is 0. The van der Waals surface area contributed by atoms with E-state index in [1.165, 1.54) is 19.3 Å².